The number of hydrogen-bond acceptors (Lipinski definition) is 0. The Morgan fingerprint density at radius 3 is 0.839 bits per heavy atom. The van der Waals surface area contributed by atoms with Crippen molar-refractivity contribution >= 4 is 15.8 Å². The van der Waals surface area contributed by atoms with Crippen molar-refractivity contribution in [3.63, 3.8) is 0 Å². The molecule has 2 rings (SSSR count). The molecule has 172 valence electrons. The van der Waals surface area contributed by atoms with Gasteiger partial charge < -0.3 is 12.8 Å². The van der Waals surface area contributed by atoms with Crippen LogP contribution in [0.4, 0.5) is 0 Å². The maximum absolute atomic E-state index is 6.69. The molecule has 0 aliphatic rings. The first-order chi connectivity index (χ1) is 14.6. The van der Waals surface area contributed by atoms with E-state index in [4.69, 9.17) is 12.8 Å². The third-order valence-electron chi connectivity index (χ3n) is 4.84. The van der Waals surface area contributed by atoms with Gasteiger partial charge in [-0.1, -0.05) is 36.4 Å². The second kappa shape index (κ2) is 26.9. The third kappa shape index (κ3) is 21.9. The second-order valence-corrected chi connectivity index (χ2v) is 13.8. The van der Waals surface area contributed by atoms with E-state index in [2.05, 4.69) is 53.4 Å². The molecule has 0 spiro atoms. The SMILES string of the molecule is CC[PH+](CC)CC.CC[PH+](CC)CC.[C-]#Cc1ccccc1.[C-]#Cc1ccccc1.[Ni+2]. The van der Waals surface area contributed by atoms with Crippen LogP contribution >= 0.6 is 15.8 Å². The van der Waals surface area contributed by atoms with E-state index < -0.39 is 0 Å². The average Bonchev–Trinajstić information content (AvgIpc) is 2.83. The Labute approximate surface area is 206 Å². The molecule has 0 saturated carbocycles. The number of benzene rings is 2. The Morgan fingerprint density at radius 2 is 0.742 bits per heavy atom. The summed E-state index contributed by atoms with van der Waals surface area (Å²) >= 11 is 0. The van der Waals surface area contributed by atoms with E-state index in [1.165, 1.54) is 37.0 Å². The molecule has 0 N–H and O–H groups in total. The number of hydrogen-bond donors (Lipinski definition) is 0. The second-order valence-electron chi connectivity index (χ2n) is 6.60. The van der Waals surface area contributed by atoms with E-state index in [1.807, 2.05) is 60.7 Å². The molecular weight excluding hydrogens is 457 g/mol. The zero-order chi connectivity index (χ0) is 23.0. The molecule has 0 aliphatic carbocycles. The van der Waals surface area contributed by atoms with Crippen molar-refractivity contribution < 1.29 is 16.5 Å². The van der Waals surface area contributed by atoms with Crippen molar-refractivity contribution in [3.8, 4) is 11.8 Å². The van der Waals surface area contributed by atoms with Gasteiger partial charge in [-0.3, -0.25) is 11.8 Å². The first-order valence-corrected chi connectivity index (χ1v) is 15.4. The van der Waals surface area contributed by atoms with Gasteiger partial charge in [0.25, 0.3) is 0 Å². The summed E-state index contributed by atoms with van der Waals surface area (Å²) in [4.78, 5) is 0. The quantitative estimate of drug-likeness (QED) is 0.165. The van der Waals surface area contributed by atoms with Gasteiger partial charge in [-0.15, -0.1) is 35.4 Å². The van der Waals surface area contributed by atoms with Crippen molar-refractivity contribution in [1.29, 1.82) is 0 Å². The van der Waals surface area contributed by atoms with Gasteiger partial charge in [-0.25, -0.2) is 0 Å². The van der Waals surface area contributed by atoms with Gasteiger partial charge in [0, 0.05) is 0 Å². The zero-order valence-corrected chi connectivity index (χ0v) is 23.3. The molecule has 0 saturated heterocycles. The van der Waals surface area contributed by atoms with Gasteiger partial charge in [0.05, 0.1) is 37.0 Å². The molecule has 0 fully saturated rings. The topological polar surface area (TPSA) is 0 Å². The predicted octanol–water partition coefficient (Wildman–Crippen LogP) is 7.77. The van der Waals surface area contributed by atoms with Crippen molar-refractivity contribution in [1.82, 2.24) is 0 Å². The molecule has 0 amide bonds. The summed E-state index contributed by atoms with van der Waals surface area (Å²) in [6.45, 7) is 13.8. The summed E-state index contributed by atoms with van der Waals surface area (Å²) in [6, 6.07) is 18.7. The van der Waals surface area contributed by atoms with Gasteiger partial charge in [-0.2, -0.15) is 0 Å². The van der Waals surface area contributed by atoms with Crippen molar-refractivity contribution in [2.24, 2.45) is 0 Å². The molecule has 0 bridgehead atoms. The summed E-state index contributed by atoms with van der Waals surface area (Å²) in [5, 5.41) is 0. The standard InChI is InChI=1S/2C8H5.2C6H15P.Ni/c2*1-2-8-6-4-3-5-7-8;2*1-4-7(5-2)6-3;/h2*3-7H;2*4-6H2,1-3H3;/q2*-1;;;+2/p+2. The zero-order valence-electron chi connectivity index (χ0n) is 20.3. The van der Waals surface area contributed by atoms with Crippen LogP contribution in [0.1, 0.15) is 52.7 Å². The minimum atomic E-state index is 0. The molecule has 31 heavy (non-hydrogen) atoms. The predicted molar refractivity (Wildman–Crippen MR) is 145 cm³/mol. The van der Waals surface area contributed by atoms with E-state index in [1.54, 1.807) is 0 Å². The molecule has 0 aromatic heterocycles. The minimum absolute atomic E-state index is 0. The normalized spacial score (nSPS) is 8.71. The molecule has 0 heterocycles. The maximum atomic E-state index is 6.69. The van der Waals surface area contributed by atoms with Crippen LogP contribution in [0.5, 0.6) is 0 Å². The van der Waals surface area contributed by atoms with E-state index in [-0.39, 0.29) is 32.3 Å². The summed E-state index contributed by atoms with van der Waals surface area (Å²) in [5.41, 5.74) is 1.65. The number of rotatable bonds is 6. The van der Waals surface area contributed by atoms with Crippen LogP contribution in [0.25, 0.3) is 0 Å². The Kier molecular flexibility index (Phi) is 30.0. The monoisotopic (exact) mass is 498 g/mol. The van der Waals surface area contributed by atoms with Crippen LogP contribution in [-0.4, -0.2) is 37.0 Å². The average molecular weight is 499 g/mol. The van der Waals surface area contributed by atoms with Gasteiger partial charge in [0.2, 0.25) is 0 Å². The van der Waals surface area contributed by atoms with Crippen molar-refractivity contribution in [2.75, 3.05) is 37.0 Å². The smallest absolute Gasteiger partial charge is 0.366 e. The molecule has 3 heteroatoms. The fourth-order valence-corrected chi connectivity index (χ4v) is 5.54. The fourth-order valence-electron chi connectivity index (χ4n) is 2.54. The first-order valence-electron chi connectivity index (χ1n) is 11.2. The third-order valence-corrected chi connectivity index (χ3v) is 10.8. The maximum Gasteiger partial charge on any atom is 2.00 e. The fraction of sp³-hybridized carbons (Fsp3) is 0.429. The molecule has 0 radical (unpaired) electrons. The van der Waals surface area contributed by atoms with Gasteiger partial charge >= 0.3 is 16.5 Å². The first kappa shape index (κ1) is 34.5. The van der Waals surface area contributed by atoms with Crippen LogP contribution in [0, 0.1) is 24.7 Å². The van der Waals surface area contributed by atoms with Crippen LogP contribution < -0.4 is 0 Å². The minimum Gasteiger partial charge on any atom is -0.366 e. The Balaban J connectivity index is -0.000000335. The van der Waals surface area contributed by atoms with Crippen molar-refractivity contribution in [3.05, 3.63) is 84.6 Å². The molecule has 2 aromatic carbocycles. The van der Waals surface area contributed by atoms with E-state index >= 15 is 0 Å². The summed E-state index contributed by atoms with van der Waals surface area (Å²) < 4.78 is 0. The Hall–Kier alpha value is -1.09. The van der Waals surface area contributed by atoms with E-state index in [9.17, 15) is 0 Å². The molecular formula is C28H42NiP2+2. The van der Waals surface area contributed by atoms with Crippen molar-refractivity contribution in [2.45, 2.75) is 41.5 Å². The summed E-state index contributed by atoms with van der Waals surface area (Å²) in [5.74, 6) is 4.55. The van der Waals surface area contributed by atoms with Crippen LogP contribution in [0.2, 0.25) is 0 Å². The molecule has 0 nitrogen and oxygen atoms in total. The van der Waals surface area contributed by atoms with Gasteiger partial charge in [0.15, 0.2) is 0 Å². The van der Waals surface area contributed by atoms with Gasteiger partial charge in [0.1, 0.15) is 0 Å². The Bertz CT molecular complexity index is 591. The largest absolute Gasteiger partial charge is 2.00 e. The van der Waals surface area contributed by atoms with Crippen LogP contribution in [0.15, 0.2) is 60.7 Å². The molecule has 2 aromatic rings. The molecule has 0 atom stereocenters. The van der Waals surface area contributed by atoms with Crippen LogP contribution in [0.3, 0.4) is 0 Å². The van der Waals surface area contributed by atoms with Gasteiger partial charge in [-0.05, 0) is 57.4 Å². The molecule has 0 aliphatic heterocycles. The van der Waals surface area contributed by atoms with E-state index in [0.29, 0.717) is 0 Å². The summed E-state index contributed by atoms with van der Waals surface area (Å²) in [6.07, 6.45) is 22.1. The molecule has 0 unspecified atom stereocenters. The Morgan fingerprint density at radius 1 is 0.516 bits per heavy atom. The van der Waals surface area contributed by atoms with Crippen LogP contribution in [-0.2, 0) is 16.5 Å². The van der Waals surface area contributed by atoms with E-state index in [0.717, 1.165) is 11.1 Å². The summed E-state index contributed by atoms with van der Waals surface area (Å²) in [7, 11) is 0.275.